The Morgan fingerprint density at radius 1 is 1.10 bits per heavy atom. The highest BCUT2D eigenvalue weighted by molar-refractivity contribution is 6.32. The van der Waals surface area contributed by atoms with Crippen LogP contribution in [-0.4, -0.2) is 18.1 Å². The van der Waals surface area contributed by atoms with Crippen LogP contribution in [0.3, 0.4) is 0 Å². The Balaban J connectivity index is 1.97. The van der Waals surface area contributed by atoms with E-state index >= 15 is 0 Å². The molecular formula is C17H16Cl2N2. The Kier molecular flexibility index (Phi) is 4.09. The van der Waals surface area contributed by atoms with Crippen LogP contribution in [0.1, 0.15) is 6.42 Å². The van der Waals surface area contributed by atoms with Crippen molar-refractivity contribution in [3.05, 3.63) is 76.6 Å². The molecule has 0 saturated carbocycles. The van der Waals surface area contributed by atoms with Crippen LogP contribution in [0.4, 0.5) is 5.69 Å². The van der Waals surface area contributed by atoms with Crippen LogP contribution in [0.5, 0.6) is 0 Å². The average molecular weight is 319 g/mol. The van der Waals surface area contributed by atoms with Crippen molar-refractivity contribution in [2.45, 2.75) is 12.6 Å². The van der Waals surface area contributed by atoms with Gasteiger partial charge < -0.3 is 9.80 Å². The van der Waals surface area contributed by atoms with Gasteiger partial charge in [-0.15, -0.1) is 0 Å². The summed E-state index contributed by atoms with van der Waals surface area (Å²) < 4.78 is 0. The zero-order valence-electron chi connectivity index (χ0n) is 11.7. The van der Waals surface area contributed by atoms with E-state index in [9.17, 15) is 0 Å². The van der Waals surface area contributed by atoms with Crippen molar-refractivity contribution in [1.29, 1.82) is 0 Å². The van der Waals surface area contributed by atoms with E-state index in [1.807, 2.05) is 30.3 Å². The number of halogens is 2. The van der Waals surface area contributed by atoms with Crippen molar-refractivity contribution in [2.24, 2.45) is 0 Å². The minimum absolute atomic E-state index is 0.0534. The Labute approximate surface area is 135 Å². The SMILES string of the molecule is CN1C=CN(c2ccc(Cl)cc2)C1C1=CC=CCC=C1Cl. The lowest BCUT2D eigenvalue weighted by Gasteiger charge is -2.32. The van der Waals surface area contributed by atoms with Crippen molar-refractivity contribution >= 4 is 28.9 Å². The molecule has 0 amide bonds. The Hall–Kier alpha value is -1.64. The predicted octanol–water partition coefficient (Wildman–Crippen LogP) is 4.90. The molecule has 3 rings (SSSR count). The maximum Gasteiger partial charge on any atom is 0.133 e. The van der Waals surface area contributed by atoms with Gasteiger partial charge >= 0.3 is 0 Å². The van der Waals surface area contributed by atoms with Crippen molar-refractivity contribution in [2.75, 3.05) is 11.9 Å². The van der Waals surface area contributed by atoms with Gasteiger partial charge in [-0.2, -0.15) is 0 Å². The number of allylic oxidation sites excluding steroid dienone is 4. The van der Waals surface area contributed by atoms with Gasteiger partial charge in [0.25, 0.3) is 0 Å². The third kappa shape index (κ3) is 2.87. The second-order valence-corrected chi connectivity index (χ2v) is 5.90. The van der Waals surface area contributed by atoms with Crippen LogP contribution in [0.15, 0.2) is 71.6 Å². The third-order valence-electron chi connectivity index (χ3n) is 3.64. The highest BCUT2D eigenvalue weighted by Crippen LogP contribution is 2.33. The highest BCUT2D eigenvalue weighted by Gasteiger charge is 2.29. The zero-order chi connectivity index (χ0) is 14.8. The second-order valence-electron chi connectivity index (χ2n) is 5.06. The quantitative estimate of drug-likeness (QED) is 0.765. The normalized spacial score (nSPS) is 21.4. The van der Waals surface area contributed by atoms with Crippen LogP contribution in [-0.2, 0) is 0 Å². The molecule has 1 heterocycles. The lowest BCUT2D eigenvalue weighted by Crippen LogP contribution is -2.38. The van der Waals surface area contributed by atoms with Gasteiger partial charge in [0, 0.05) is 40.8 Å². The van der Waals surface area contributed by atoms with E-state index in [0.29, 0.717) is 0 Å². The number of nitrogens with zero attached hydrogens (tertiary/aromatic N) is 2. The van der Waals surface area contributed by atoms with Gasteiger partial charge in [-0.25, -0.2) is 0 Å². The minimum Gasteiger partial charge on any atom is -0.355 e. The molecule has 1 aliphatic heterocycles. The monoisotopic (exact) mass is 318 g/mol. The molecule has 21 heavy (non-hydrogen) atoms. The van der Waals surface area contributed by atoms with Crippen LogP contribution < -0.4 is 4.90 Å². The summed E-state index contributed by atoms with van der Waals surface area (Å²) in [6.45, 7) is 0. The molecule has 4 heteroatoms. The summed E-state index contributed by atoms with van der Waals surface area (Å²) in [6, 6.07) is 7.84. The molecule has 1 unspecified atom stereocenters. The molecule has 0 N–H and O–H groups in total. The Bertz CT molecular complexity index is 641. The first-order valence-corrected chi connectivity index (χ1v) is 7.59. The van der Waals surface area contributed by atoms with Gasteiger partial charge in [-0.3, -0.25) is 0 Å². The summed E-state index contributed by atoms with van der Waals surface area (Å²) in [7, 11) is 2.05. The summed E-state index contributed by atoms with van der Waals surface area (Å²) in [6.07, 6.45) is 13.3. The third-order valence-corrected chi connectivity index (χ3v) is 4.26. The number of hydrogen-bond donors (Lipinski definition) is 0. The molecule has 108 valence electrons. The number of rotatable bonds is 2. The lowest BCUT2D eigenvalue weighted by atomic mass is 10.1. The van der Waals surface area contributed by atoms with E-state index in [2.05, 4.69) is 47.5 Å². The maximum atomic E-state index is 6.46. The first-order valence-electron chi connectivity index (χ1n) is 6.84. The van der Waals surface area contributed by atoms with E-state index in [-0.39, 0.29) is 6.17 Å². The molecule has 0 saturated heterocycles. The van der Waals surface area contributed by atoms with Crippen molar-refractivity contribution in [1.82, 2.24) is 4.90 Å². The van der Waals surface area contributed by atoms with Crippen molar-refractivity contribution in [3.8, 4) is 0 Å². The van der Waals surface area contributed by atoms with Gasteiger partial charge in [0.15, 0.2) is 0 Å². The molecule has 2 nitrogen and oxygen atoms in total. The molecule has 0 spiro atoms. The average Bonchev–Trinajstić information content (AvgIpc) is 2.72. The van der Waals surface area contributed by atoms with Crippen LogP contribution in [0.2, 0.25) is 5.02 Å². The Morgan fingerprint density at radius 2 is 1.86 bits per heavy atom. The predicted molar refractivity (Wildman–Crippen MR) is 90.4 cm³/mol. The Morgan fingerprint density at radius 3 is 2.62 bits per heavy atom. The lowest BCUT2D eigenvalue weighted by molar-refractivity contribution is 0.404. The number of benzene rings is 1. The molecule has 0 fully saturated rings. The molecule has 0 radical (unpaired) electrons. The molecule has 1 aromatic carbocycles. The fraction of sp³-hybridized carbons (Fsp3) is 0.176. The van der Waals surface area contributed by atoms with Gasteiger partial charge in [0.1, 0.15) is 6.17 Å². The number of anilines is 1. The molecule has 2 aliphatic rings. The second kappa shape index (κ2) is 6.00. The van der Waals surface area contributed by atoms with Crippen LogP contribution in [0.25, 0.3) is 0 Å². The standard InChI is InChI=1S/C17H16Cl2N2/c1-20-11-12-21(14-9-7-13(18)8-10-14)17(20)15-5-3-2-4-6-16(15)19/h2-3,5-12,17H,4H2,1H3. The fourth-order valence-electron chi connectivity index (χ4n) is 2.57. The molecule has 0 bridgehead atoms. The van der Waals surface area contributed by atoms with Crippen LogP contribution in [0, 0.1) is 0 Å². The summed E-state index contributed by atoms with van der Waals surface area (Å²) in [5.74, 6) is 0. The van der Waals surface area contributed by atoms with Gasteiger partial charge in [0.05, 0.1) is 0 Å². The summed E-state index contributed by atoms with van der Waals surface area (Å²) in [5.41, 5.74) is 2.18. The van der Waals surface area contributed by atoms with Gasteiger partial charge in [-0.05, 0) is 30.7 Å². The van der Waals surface area contributed by atoms with E-state index in [1.165, 1.54) is 0 Å². The zero-order valence-corrected chi connectivity index (χ0v) is 13.2. The molecular weight excluding hydrogens is 303 g/mol. The summed E-state index contributed by atoms with van der Waals surface area (Å²) >= 11 is 12.4. The summed E-state index contributed by atoms with van der Waals surface area (Å²) in [4.78, 5) is 4.34. The maximum absolute atomic E-state index is 6.46. The molecule has 1 aromatic rings. The smallest absolute Gasteiger partial charge is 0.133 e. The van der Waals surface area contributed by atoms with Crippen molar-refractivity contribution in [3.63, 3.8) is 0 Å². The van der Waals surface area contributed by atoms with Crippen molar-refractivity contribution < 1.29 is 0 Å². The topological polar surface area (TPSA) is 6.48 Å². The first-order chi connectivity index (χ1) is 10.2. The minimum atomic E-state index is 0.0534. The van der Waals surface area contributed by atoms with E-state index in [0.717, 1.165) is 27.7 Å². The van der Waals surface area contributed by atoms with Crippen LogP contribution >= 0.6 is 23.2 Å². The molecule has 0 aromatic heterocycles. The van der Waals surface area contributed by atoms with Gasteiger partial charge in [0.2, 0.25) is 0 Å². The molecule has 1 aliphatic carbocycles. The fourth-order valence-corrected chi connectivity index (χ4v) is 2.95. The largest absolute Gasteiger partial charge is 0.355 e. The highest BCUT2D eigenvalue weighted by atomic mass is 35.5. The summed E-state index contributed by atoms with van der Waals surface area (Å²) in [5, 5.41) is 1.54. The van der Waals surface area contributed by atoms with E-state index in [4.69, 9.17) is 23.2 Å². The number of hydrogen-bond acceptors (Lipinski definition) is 2. The van der Waals surface area contributed by atoms with E-state index < -0.39 is 0 Å². The van der Waals surface area contributed by atoms with Gasteiger partial charge in [-0.1, -0.05) is 47.5 Å². The first kappa shape index (κ1) is 14.3. The number of likely N-dealkylation sites (N-methyl/N-ethyl adjacent to an activating group) is 1. The van der Waals surface area contributed by atoms with E-state index in [1.54, 1.807) is 0 Å². The molecule has 1 atom stereocenters.